The predicted octanol–water partition coefficient (Wildman–Crippen LogP) is 4.82. The second-order valence-corrected chi connectivity index (χ2v) is 10.4. The summed E-state index contributed by atoms with van der Waals surface area (Å²) in [6.07, 6.45) is 0. The number of hydrogen-bond acceptors (Lipinski definition) is 5. The molecule has 0 unspecified atom stereocenters. The Bertz CT molecular complexity index is 1560. The Morgan fingerprint density at radius 2 is 1.80 bits per heavy atom. The minimum atomic E-state index is -3.47. The molecule has 0 saturated carbocycles. The number of rotatable bonds is 7. The number of hydrogen-bond donors (Lipinski definition) is 1. The molecule has 1 saturated heterocycles. The first-order chi connectivity index (χ1) is 16.7. The lowest BCUT2D eigenvalue weighted by atomic mass is 10.0. The summed E-state index contributed by atoms with van der Waals surface area (Å²) in [5.41, 5.74) is 2.58. The third kappa shape index (κ3) is 4.48. The number of halogens is 2. The molecule has 3 aromatic carbocycles. The van der Waals surface area contributed by atoms with Crippen molar-refractivity contribution in [3.05, 3.63) is 83.4 Å². The van der Waals surface area contributed by atoms with Crippen molar-refractivity contribution in [2.45, 2.75) is 24.3 Å². The summed E-state index contributed by atoms with van der Waals surface area (Å²) in [5.74, 6) is -2.64. The van der Waals surface area contributed by atoms with Crippen molar-refractivity contribution in [1.29, 1.82) is 5.26 Å². The number of aromatic nitrogens is 2. The van der Waals surface area contributed by atoms with Gasteiger partial charge in [-0.15, -0.1) is 0 Å². The summed E-state index contributed by atoms with van der Waals surface area (Å²) in [6.45, 7) is 2.03. The van der Waals surface area contributed by atoms with Gasteiger partial charge in [0, 0.05) is 31.3 Å². The highest BCUT2D eigenvalue weighted by molar-refractivity contribution is 7.89. The van der Waals surface area contributed by atoms with Crippen LogP contribution in [-0.4, -0.2) is 35.4 Å². The number of alkyl halides is 2. The second kappa shape index (κ2) is 8.45. The van der Waals surface area contributed by atoms with Crippen LogP contribution in [0.5, 0.6) is 0 Å². The smallest absolute Gasteiger partial charge is 0.270 e. The molecule has 5 rings (SSSR count). The van der Waals surface area contributed by atoms with Crippen molar-refractivity contribution >= 4 is 32.7 Å². The minimum absolute atomic E-state index is 0.0777. The molecule has 0 aliphatic carbocycles. The molecule has 0 amide bonds. The van der Waals surface area contributed by atoms with Crippen LogP contribution in [0.1, 0.15) is 23.6 Å². The maximum absolute atomic E-state index is 14.3. The third-order valence-electron chi connectivity index (χ3n) is 5.85. The first-order valence-corrected chi connectivity index (χ1v) is 12.3. The molecule has 0 atom stereocenters. The van der Waals surface area contributed by atoms with E-state index in [4.69, 9.17) is 0 Å². The average Bonchev–Trinajstić information content (AvgIpc) is 3.64. The summed E-state index contributed by atoms with van der Waals surface area (Å²) in [4.78, 5) is 4.80. The van der Waals surface area contributed by atoms with Crippen LogP contribution in [0.15, 0.2) is 71.6 Å². The Morgan fingerprint density at radius 1 is 1.09 bits per heavy atom. The number of fused-ring (bicyclic) bond motifs is 1. The van der Waals surface area contributed by atoms with E-state index in [-0.39, 0.29) is 17.0 Å². The van der Waals surface area contributed by atoms with Crippen LogP contribution >= 0.6 is 0 Å². The molecule has 1 aliphatic heterocycles. The fourth-order valence-corrected chi connectivity index (χ4v) is 5.32. The van der Waals surface area contributed by atoms with Crippen LogP contribution in [0.2, 0.25) is 0 Å². The Kier molecular flexibility index (Phi) is 5.54. The van der Waals surface area contributed by atoms with Crippen LogP contribution in [0.25, 0.3) is 11.0 Å². The van der Waals surface area contributed by atoms with E-state index in [1.807, 2.05) is 0 Å². The molecule has 35 heavy (non-hydrogen) atoms. The van der Waals surface area contributed by atoms with Gasteiger partial charge in [0.2, 0.25) is 16.0 Å². The zero-order valence-corrected chi connectivity index (χ0v) is 19.6. The molecule has 10 heteroatoms. The first-order valence-electron chi connectivity index (χ1n) is 10.9. The van der Waals surface area contributed by atoms with Gasteiger partial charge in [0.05, 0.1) is 34.1 Å². The number of imidazole rings is 1. The van der Waals surface area contributed by atoms with Crippen LogP contribution < -0.4 is 5.32 Å². The normalized spacial score (nSPS) is 14.1. The van der Waals surface area contributed by atoms with Gasteiger partial charge in [0.25, 0.3) is 5.92 Å². The van der Waals surface area contributed by atoms with Gasteiger partial charge in [-0.2, -0.15) is 9.57 Å². The molecular formula is C25H21F2N5O2S. The third-order valence-corrected chi connectivity index (χ3v) is 7.76. The maximum Gasteiger partial charge on any atom is 0.270 e. The van der Waals surface area contributed by atoms with E-state index in [2.05, 4.69) is 16.4 Å². The topological polar surface area (TPSA) is 90.8 Å². The molecular weight excluding hydrogens is 472 g/mol. The molecule has 1 fully saturated rings. The van der Waals surface area contributed by atoms with Gasteiger partial charge < -0.3 is 9.88 Å². The van der Waals surface area contributed by atoms with Crippen molar-refractivity contribution in [3.63, 3.8) is 0 Å². The molecule has 7 nitrogen and oxygen atoms in total. The molecule has 0 bridgehead atoms. The molecule has 1 aromatic heterocycles. The van der Waals surface area contributed by atoms with Gasteiger partial charge >= 0.3 is 0 Å². The Balaban J connectivity index is 1.54. The molecule has 4 aromatic rings. The summed E-state index contributed by atoms with van der Waals surface area (Å²) in [6, 6.07) is 19.7. The van der Waals surface area contributed by atoms with E-state index in [1.165, 1.54) is 22.5 Å². The van der Waals surface area contributed by atoms with E-state index in [1.54, 1.807) is 53.1 Å². The van der Waals surface area contributed by atoms with Crippen LogP contribution in [0.4, 0.5) is 20.4 Å². The Hall–Kier alpha value is -3.81. The molecule has 1 aliphatic rings. The van der Waals surface area contributed by atoms with E-state index < -0.39 is 15.9 Å². The highest BCUT2D eigenvalue weighted by atomic mass is 32.2. The Labute approximate surface area is 201 Å². The van der Waals surface area contributed by atoms with E-state index in [0.29, 0.717) is 46.9 Å². The monoisotopic (exact) mass is 493 g/mol. The lowest BCUT2D eigenvalue weighted by molar-refractivity contribution is 0.0165. The largest absolute Gasteiger partial charge is 0.326 e. The lowest BCUT2D eigenvalue weighted by Crippen LogP contribution is -2.14. The standard InChI is InChI=1S/C25H21F2N5O2S/c1-25(26,27)21-5-3-2-4-18(21)16-32-23-11-6-17(15-28)14-22(23)30-24(32)29-19-7-9-20(10-8-19)35(33,34)31-12-13-31/h2-11,14H,12-13,16H2,1H3,(H,29,30). The zero-order chi connectivity index (χ0) is 24.8. The number of nitrogens with one attached hydrogen (secondary N) is 1. The van der Waals surface area contributed by atoms with Crippen molar-refractivity contribution < 1.29 is 17.2 Å². The Morgan fingerprint density at radius 3 is 2.46 bits per heavy atom. The van der Waals surface area contributed by atoms with Gasteiger partial charge in [-0.05, 0) is 48.0 Å². The van der Waals surface area contributed by atoms with E-state index >= 15 is 0 Å². The molecule has 0 spiro atoms. The predicted molar refractivity (Wildman–Crippen MR) is 128 cm³/mol. The number of nitrogens with zero attached hydrogens (tertiary/aromatic N) is 4. The summed E-state index contributed by atoms with van der Waals surface area (Å²) >= 11 is 0. The van der Waals surface area contributed by atoms with Crippen LogP contribution in [0, 0.1) is 11.3 Å². The number of sulfonamides is 1. The number of nitriles is 1. The fourth-order valence-electron chi connectivity index (χ4n) is 3.98. The summed E-state index contributed by atoms with van der Waals surface area (Å²) in [7, 11) is -3.47. The molecule has 1 N–H and O–H groups in total. The van der Waals surface area contributed by atoms with E-state index in [9.17, 15) is 22.5 Å². The van der Waals surface area contributed by atoms with Crippen molar-refractivity contribution in [2.75, 3.05) is 18.4 Å². The number of anilines is 2. The second-order valence-electron chi connectivity index (χ2n) is 8.44. The molecule has 178 valence electrons. The van der Waals surface area contributed by atoms with Gasteiger partial charge in [-0.3, -0.25) is 0 Å². The highest BCUT2D eigenvalue weighted by Crippen LogP contribution is 2.32. The summed E-state index contributed by atoms with van der Waals surface area (Å²) < 4.78 is 56.5. The fraction of sp³-hybridized carbons (Fsp3) is 0.200. The zero-order valence-electron chi connectivity index (χ0n) is 18.7. The van der Waals surface area contributed by atoms with Gasteiger partial charge in [-0.1, -0.05) is 24.3 Å². The van der Waals surface area contributed by atoms with Crippen LogP contribution in [-0.2, 0) is 22.5 Å². The first kappa shape index (κ1) is 23.0. The number of benzene rings is 3. The molecule has 2 heterocycles. The lowest BCUT2D eigenvalue weighted by Gasteiger charge is -2.18. The molecule has 0 radical (unpaired) electrons. The van der Waals surface area contributed by atoms with Gasteiger partial charge in [-0.25, -0.2) is 22.2 Å². The van der Waals surface area contributed by atoms with Crippen molar-refractivity contribution in [1.82, 2.24) is 13.9 Å². The van der Waals surface area contributed by atoms with Gasteiger partial charge in [0.15, 0.2) is 0 Å². The van der Waals surface area contributed by atoms with E-state index in [0.717, 1.165) is 6.92 Å². The average molecular weight is 494 g/mol. The SMILES string of the molecule is CC(F)(F)c1ccccc1Cn1c(Nc2ccc(S(=O)(=O)N3CC3)cc2)nc2cc(C#N)ccc21. The van der Waals surface area contributed by atoms with Gasteiger partial charge in [0.1, 0.15) is 0 Å². The minimum Gasteiger partial charge on any atom is -0.326 e. The van der Waals surface area contributed by atoms with Crippen molar-refractivity contribution in [2.24, 2.45) is 0 Å². The maximum atomic E-state index is 14.3. The van der Waals surface area contributed by atoms with Crippen molar-refractivity contribution in [3.8, 4) is 6.07 Å². The highest BCUT2D eigenvalue weighted by Gasteiger charge is 2.33. The van der Waals surface area contributed by atoms with Crippen LogP contribution in [0.3, 0.4) is 0 Å². The summed E-state index contributed by atoms with van der Waals surface area (Å²) in [5, 5.41) is 12.4. The quantitative estimate of drug-likeness (QED) is 0.373.